The largest absolute Gasteiger partial charge is 0.299 e. The second kappa shape index (κ2) is 12.0. The van der Waals surface area contributed by atoms with Gasteiger partial charge in [-0.05, 0) is 31.4 Å². The first-order valence-corrected chi connectivity index (χ1v) is 8.11. The van der Waals surface area contributed by atoms with E-state index in [2.05, 4.69) is 0 Å². The van der Waals surface area contributed by atoms with Crippen molar-refractivity contribution in [3.8, 4) is 0 Å². The molecule has 1 atom stereocenters. The van der Waals surface area contributed by atoms with Crippen molar-refractivity contribution < 1.29 is 19.2 Å². The smallest absolute Gasteiger partial charge is 0.260 e. The molecule has 0 fully saturated rings. The Labute approximate surface area is 143 Å². The number of benzene rings is 1. The average Bonchev–Trinajstić information content (AvgIpc) is 2.60. The maximum atomic E-state index is 12.5. The van der Waals surface area contributed by atoms with Gasteiger partial charge >= 0.3 is 0 Å². The Hall–Kier alpha value is -2.50. The van der Waals surface area contributed by atoms with Crippen LogP contribution in [-0.2, 0) is 14.4 Å². The number of hydrogen-bond donors (Lipinski definition) is 1. The van der Waals surface area contributed by atoms with Crippen LogP contribution in [0.2, 0.25) is 0 Å². The van der Waals surface area contributed by atoms with Gasteiger partial charge in [-0.3, -0.25) is 29.4 Å². The van der Waals surface area contributed by atoms with Crippen molar-refractivity contribution in [3.05, 3.63) is 35.4 Å². The fourth-order valence-electron chi connectivity index (χ4n) is 2.23. The lowest BCUT2D eigenvalue weighted by molar-refractivity contribution is -0.126. The van der Waals surface area contributed by atoms with Gasteiger partial charge in [0, 0.05) is 18.0 Å². The molecule has 0 heterocycles. The van der Waals surface area contributed by atoms with Gasteiger partial charge in [-0.25, -0.2) is 0 Å². The molecule has 1 aromatic rings. The molecule has 1 unspecified atom stereocenters. The summed E-state index contributed by atoms with van der Waals surface area (Å²) in [6, 6.07) is 6.64. The van der Waals surface area contributed by atoms with Gasteiger partial charge in [0.15, 0.2) is 0 Å². The van der Waals surface area contributed by atoms with Crippen molar-refractivity contribution in [2.45, 2.75) is 53.0 Å². The molecule has 0 saturated heterocycles. The predicted molar refractivity (Wildman–Crippen MR) is 92.3 cm³/mol. The lowest BCUT2D eigenvalue weighted by Crippen LogP contribution is -2.40. The van der Waals surface area contributed by atoms with Gasteiger partial charge in [0.2, 0.25) is 18.7 Å². The van der Waals surface area contributed by atoms with Crippen LogP contribution in [0.3, 0.4) is 0 Å². The van der Waals surface area contributed by atoms with Gasteiger partial charge in [0.05, 0.1) is 0 Å². The highest BCUT2D eigenvalue weighted by Gasteiger charge is 2.24. The highest BCUT2D eigenvalue weighted by Crippen LogP contribution is 2.16. The first-order valence-electron chi connectivity index (χ1n) is 8.11. The Kier molecular flexibility index (Phi) is 10.7. The number of imide groups is 2. The molecule has 0 aliphatic rings. The van der Waals surface area contributed by atoms with Gasteiger partial charge in [-0.15, -0.1) is 0 Å². The standard InChI is InChI=1S/C16H20N2O4.C2H6/c1-3-13(8-9-15(21)17-10-19)18(11-20)16(22)14-7-5-4-6-12(14)2;1-2/h4-7,10-11,13H,3,8-9H2,1-2H3,(H,17,19,21);1-2H3. The fraction of sp³-hybridized carbons (Fsp3) is 0.444. The van der Waals surface area contributed by atoms with E-state index in [1.807, 2.05) is 32.2 Å². The number of hydrogen-bond acceptors (Lipinski definition) is 4. The summed E-state index contributed by atoms with van der Waals surface area (Å²) in [5, 5.41) is 2.04. The van der Waals surface area contributed by atoms with E-state index >= 15 is 0 Å². The predicted octanol–water partition coefficient (Wildman–Crippen LogP) is 2.45. The molecule has 6 nitrogen and oxygen atoms in total. The number of carbonyl (C=O) groups is 4. The van der Waals surface area contributed by atoms with Gasteiger partial charge in [0.25, 0.3) is 5.91 Å². The third kappa shape index (κ3) is 6.32. The molecule has 0 bridgehead atoms. The summed E-state index contributed by atoms with van der Waals surface area (Å²) in [6.07, 6.45) is 1.74. The topological polar surface area (TPSA) is 83.6 Å². The van der Waals surface area contributed by atoms with Gasteiger partial charge < -0.3 is 0 Å². The minimum Gasteiger partial charge on any atom is -0.299 e. The summed E-state index contributed by atoms with van der Waals surface area (Å²) >= 11 is 0. The van der Waals surface area contributed by atoms with Crippen LogP contribution < -0.4 is 5.32 Å². The molecule has 132 valence electrons. The number of carbonyl (C=O) groups excluding carboxylic acids is 4. The highest BCUT2D eigenvalue weighted by molar-refractivity contribution is 6.01. The van der Waals surface area contributed by atoms with E-state index in [-0.39, 0.29) is 18.4 Å². The van der Waals surface area contributed by atoms with Crippen molar-refractivity contribution in [2.24, 2.45) is 0 Å². The van der Waals surface area contributed by atoms with Crippen LogP contribution >= 0.6 is 0 Å². The molecule has 0 aromatic heterocycles. The number of rotatable bonds is 8. The number of aryl methyl sites for hydroxylation is 1. The lowest BCUT2D eigenvalue weighted by atomic mass is 10.0. The maximum Gasteiger partial charge on any atom is 0.260 e. The maximum absolute atomic E-state index is 12.5. The Morgan fingerprint density at radius 2 is 1.83 bits per heavy atom. The Bertz CT molecular complexity index is 558. The molecular weight excluding hydrogens is 308 g/mol. The third-order valence-electron chi connectivity index (χ3n) is 3.51. The Balaban J connectivity index is 0.00000254. The Morgan fingerprint density at radius 1 is 1.21 bits per heavy atom. The molecule has 1 aromatic carbocycles. The fourth-order valence-corrected chi connectivity index (χ4v) is 2.23. The van der Waals surface area contributed by atoms with E-state index in [1.165, 1.54) is 0 Å². The summed E-state index contributed by atoms with van der Waals surface area (Å²) in [6.45, 7) is 7.64. The molecule has 6 heteroatoms. The molecule has 0 radical (unpaired) electrons. The van der Waals surface area contributed by atoms with Crippen LogP contribution in [0.25, 0.3) is 0 Å². The molecule has 0 aliphatic carbocycles. The van der Waals surface area contributed by atoms with E-state index in [4.69, 9.17) is 0 Å². The zero-order valence-corrected chi connectivity index (χ0v) is 14.7. The second-order valence-electron chi connectivity index (χ2n) is 4.92. The normalized spacial score (nSPS) is 10.7. The van der Waals surface area contributed by atoms with Gasteiger partial charge in [-0.1, -0.05) is 39.0 Å². The SMILES string of the molecule is CC.CCC(CCC(=O)NC=O)N(C=O)C(=O)c1ccccc1C. The Morgan fingerprint density at radius 3 is 2.33 bits per heavy atom. The minimum atomic E-state index is -0.428. The third-order valence-corrected chi connectivity index (χ3v) is 3.51. The van der Waals surface area contributed by atoms with E-state index in [9.17, 15) is 19.2 Å². The highest BCUT2D eigenvalue weighted by atomic mass is 16.2. The molecule has 0 saturated carbocycles. The van der Waals surface area contributed by atoms with E-state index in [0.717, 1.165) is 10.5 Å². The van der Waals surface area contributed by atoms with E-state index < -0.39 is 5.91 Å². The molecular formula is C18H26N2O4. The number of nitrogens with one attached hydrogen (secondary N) is 1. The van der Waals surface area contributed by atoms with Crippen LogP contribution in [0.15, 0.2) is 24.3 Å². The molecule has 1 N–H and O–H groups in total. The van der Waals surface area contributed by atoms with Gasteiger partial charge in [0.1, 0.15) is 0 Å². The first kappa shape index (κ1) is 21.5. The summed E-state index contributed by atoms with van der Waals surface area (Å²) in [5.74, 6) is -0.807. The average molecular weight is 334 g/mol. The molecule has 24 heavy (non-hydrogen) atoms. The van der Waals surface area contributed by atoms with Gasteiger partial charge in [-0.2, -0.15) is 0 Å². The van der Waals surface area contributed by atoms with Crippen molar-refractivity contribution >= 4 is 24.6 Å². The van der Waals surface area contributed by atoms with Crippen molar-refractivity contribution in [3.63, 3.8) is 0 Å². The summed E-state index contributed by atoms with van der Waals surface area (Å²) in [4.78, 5) is 46.5. The van der Waals surface area contributed by atoms with E-state index in [1.54, 1.807) is 25.1 Å². The van der Waals surface area contributed by atoms with Crippen molar-refractivity contribution in [2.75, 3.05) is 0 Å². The van der Waals surface area contributed by atoms with Crippen molar-refractivity contribution in [1.29, 1.82) is 0 Å². The number of amides is 4. The molecule has 4 amide bonds. The molecule has 1 rings (SSSR count). The second-order valence-corrected chi connectivity index (χ2v) is 4.92. The van der Waals surface area contributed by atoms with Crippen LogP contribution in [-0.4, -0.2) is 35.6 Å². The summed E-state index contributed by atoms with van der Waals surface area (Å²) < 4.78 is 0. The molecule has 0 spiro atoms. The zero-order valence-electron chi connectivity index (χ0n) is 14.7. The van der Waals surface area contributed by atoms with Crippen LogP contribution in [0.1, 0.15) is 56.0 Å². The van der Waals surface area contributed by atoms with E-state index in [0.29, 0.717) is 31.2 Å². The minimum absolute atomic E-state index is 0.0721. The van der Waals surface area contributed by atoms with Crippen LogP contribution in [0, 0.1) is 6.92 Å². The van der Waals surface area contributed by atoms with Crippen LogP contribution in [0.5, 0.6) is 0 Å². The van der Waals surface area contributed by atoms with Crippen LogP contribution in [0.4, 0.5) is 0 Å². The molecule has 0 aliphatic heterocycles. The quantitative estimate of drug-likeness (QED) is 0.740. The van der Waals surface area contributed by atoms with Crippen molar-refractivity contribution in [1.82, 2.24) is 10.2 Å². The number of nitrogens with zero attached hydrogens (tertiary/aromatic N) is 1. The monoisotopic (exact) mass is 334 g/mol. The first-order chi connectivity index (χ1) is 11.5. The zero-order chi connectivity index (χ0) is 18.5. The lowest BCUT2D eigenvalue weighted by Gasteiger charge is -2.26. The summed E-state index contributed by atoms with van der Waals surface area (Å²) in [7, 11) is 0. The summed E-state index contributed by atoms with van der Waals surface area (Å²) in [5.41, 5.74) is 1.25.